The lowest BCUT2D eigenvalue weighted by molar-refractivity contribution is -0.138. The minimum Gasteiger partial charge on any atom is -0.369 e. The van der Waals surface area contributed by atoms with Crippen LogP contribution in [0.5, 0.6) is 0 Å². The molecule has 2 unspecified atom stereocenters. The van der Waals surface area contributed by atoms with E-state index in [9.17, 15) is 13.2 Å². The van der Waals surface area contributed by atoms with Crippen LogP contribution in [0.25, 0.3) is 0 Å². The number of hydrogen-bond acceptors (Lipinski definition) is 1. The second kappa shape index (κ2) is 5.96. The average Bonchev–Trinajstić information content (AvgIpc) is 2.40. The van der Waals surface area contributed by atoms with Gasteiger partial charge in [-0.3, -0.25) is 0 Å². The topological polar surface area (TPSA) is 3.24 Å². The number of halogens is 4. The summed E-state index contributed by atoms with van der Waals surface area (Å²) in [5.74, 6) is 0.524. The predicted octanol–water partition coefficient (Wildman–Crippen LogP) is 5.23. The minimum atomic E-state index is -4.30. The van der Waals surface area contributed by atoms with E-state index in [1.165, 1.54) is 6.07 Å². The molecule has 2 rings (SSSR count). The molecule has 1 aliphatic rings. The molecule has 2 atom stereocenters. The van der Waals surface area contributed by atoms with Crippen LogP contribution in [0.4, 0.5) is 18.9 Å². The second-order valence-electron chi connectivity index (χ2n) is 5.66. The maximum atomic E-state index is 13.1. The van der Waals surface area contributed by atoms with Crippen molar-refractivity contribution in [3.8, 4) is 0 Å². The highest BCUT2D eigenvalue weighted by atomic mass is 79.9. The molecule has 1 saturated heterocycles. The van der Waals surface area contributed by atoms with E-state index >= 15 is 0 Å². The number of anilines is 1. The zero-order valence-corrected chi connectivity index (χ0v) is 13.3. The molecule has 0 radical (unpaired) electrons. The van der Waals surface area contributed by atoms with Gasteiger partial charge in [0, 0.05) is 23.6 Å². The van der Waals surface area contributed by atoms with Gasteiger partial charge < -0.3 is 4.90 Å². The average molecular weight is 350 g/mol. The molecule has 1 fully saturated rings. The molecule has 0 N–H and O–H groups in total. The minimum absolute atomic E-state index is 0.216. The van der Waals surface area contributed by atoms with Crippen molar-refractivity contribution >= 4 is 21.6 Å². The van der Waals surface area contributed by atoms with Gasteiger partial charge in [-0.2, -0.15) is 13.2 Å². The van der Waals surface area contributed by atoms with Gasteiger partial charge in [0.15, 0.2) is 0 Å². The van der Waals surface area contributed by atoms with Gasteiger partial charge in [0.25, 0.3) is 0 Å². The van der Waals surface area contributed by atoms with Gasteiger partial charge >= 0.3 is 6.18 Å². The Balaban J connectivity index is 2.37. The highest BCUT2D eigenvalue weighted by Gasteiger charge is 2.34. The highest BCUT2D eigenvalue weighted by Crippen LogP contribution is 2.37. The van der Waals surface area contributed by atoms with Crippen molar-refractivity contribution in [2.24, 2.45) is 5.92 Å². The Morgan fingerprint density at radius 2 is 1.95 bits per heavy atom. The van der Waals surface area contributed by atoms with Crippen LogP contribution in [-0.4, -0.2) is 12.6 Å². The number of hydrogen-bond donors (Lipinski definition) is 0. The van der Waals surface area contributed by atoms with E-state index < -0.39 is 11.7 Å². The van der Waals surface area contributed by atoms with Crippen LogP contribution in [-0.2, 0) is 11.5 Å². The molecule has 1 aliphatic heterocycles. The number of piperidine rings is 1. The van der Waals surface area contributed by atoms with E-state index in [2.05, 4.69) is 34.7 Å². The summed E-state index contributed by atoms with van der Waals surface area (Å²) in [6.45, 7) is 5.06. The molecule has 20 heavy (non-hydrogen) atoms. The van der Waals surface area contributed by atoms with Crippen LogP contribution in [0, 0.1) is 5.92 Å². The van der Waals surface area contributed by atoms with E-state index in [1.807, 2.05) is 0 Å². The third kappa shape index (κ3) is 3.30. The summed E-state index contributed by atoms with van der Waals surface area (Å²) >= 11 is 3.13. The summed E-state index contributed by atoms with van der Waals surface area (Å²) in [6, 6.07) is 4.98. The SMILES string of the molecule is CC1CCC(C)N(c2ccc(CBr)c(C(F)(F)F)c2)C1. The Morgan fingerprint density at radius 1 is 1.25 bits per heavy atom. The number of alkyl halides is 4. The van der Waals surface area contributed by atoms with Crippen LogP contribution in [0.15, 0.2) is 18.2 Å². The molecule has 0 amide bonds. The monoisotopic (exact) mass is 349 g/mol. The standard InChI is InChI=1S/C15H19BrF3N/c1-10-3-4-11(2)20(9-10)13-6-5-12(8-16)14(7-13)15(17,18)19/h5-7,10-11H,3-4,8-9H2,1-2H3. The van der Waals surface area contributed by atoms with Crippen molar-refractivity contribution in [3.63, 3.8) is 0 Å². The number of rotatable bonds is 2. The van der Waals surface area contributed by atoms with Crippen LogP contribution >= 0.6 is 15.9 Å². The summed E-state index contributed by atoms with van der Waals surface area (Å²) in [5, 5.41) is 0.216. The molecule has 1 aromatic carbocycles. The van der Waals surface area contributed by atoms with E-state index in [-0.39, 0.29) is 5.33 Å². The van der Waals surface area contributed by atoms with Crippen molar-refractivity contribution < 1.29 is 13.2 Å². The first-order valence-electron chi connectivity index (χ1n) is 6.85. The molecule has 0 aliphatic carbocycles. The summed E-state index contributed by atoms with van der Waals surface area (Å²) in [7, 11) is 0. The Kier molecular flexibility index (Phi) is 4.67. The lowest BCUT2D eigenvalue weighted by Gasteiger charge is -2.39. The molecule has 0 saturated carbocycles. The Labute approximate surface area is 126 Å². The number of nitrogens with zero attached hydrogens (tertiary/aromatic N) is 1. The Hall–Kier alpha value is -0.710. The lowest BCUT2D eigenvalue weighted by Crippen LogP contribution is -2.41. The largest absolute Gasteiger partial charge is 0.416 e. The van der Waals surface area contributed by atoms with Gasteiger partial charge in [-0.25, -0.2) is 0 Å². The van der Waals surface area contributed by atoms with Gasteiger partial charge in [0.1, 0.15) is 0 Å². The maximum absolute atomic E-state index is 13.1. The fourth-order valence-corrected chi connectivity index (χ4v) is 3.26. The summed E-state index contributed by atoms with van der Waals surface area (Å²) in [6.07, 6.45) is -2.13. The van der Waals surface area contributed by atoms with Crippen molar-refractivity contribution in [2.45, 2.75) is 44.2 Å². The first-order valence-corrected chi connectivity index (χ1v) is 7.97. The highest BCUT2D eigenvalue weighted by molar-refractivity contribution is 9.08. The first-order chi connectivity index (χ1) is 9.32. The van der Waals surface area contributed by atoms with Crippen molar-refractivity contribution in [3.05, 3.63) is 29.3 Å². The van der Waals surface area contributed by atoms with E-state index in [0.717, 1.165) is 19.4 Å². The lowest BCUT2D eigenvalue weighted by atomic mass is 9.94. The molecule has 1 aromatic rings. The summed E-state index contributed by atoms with van der Waals surface area (Å²) in [5.41, 5.74) is 0.442. The summed E-state index contributed by atoms with van der Waals surface area (Å²) < 4.78 is 39.4. The molecule has 0 aromatic heterocycles. The first kappa shape index (κ1) is 15.7. The van der Waals surface area contributed by atoms with Crippen molar-refractivity contribution in [2.75, 3.05) is 11.4 Å². The molecule has 112 valence electrons. The fraction of sp³-hybridized carbons (Fsp3) is 0.600. The Bertz CT molecular complexity index is 473. The van der Waals surface area contributed by atoms with Crippen molar-refractivity contribution in [1.82, 2.24) is 0 Å². The molecule has 5 heteroatoms. The normalized spacial score (nSPS) is 24.0. The van der Waals surface area contributed by atoms with Gasteiger partial charge in [0.05, 0.1) is 5.56 Å². The third-order valence-corrected chi connectivity index (χ3v) is 4.60. The summed E-state index contributed by atoms with van der Waals surface area (Å²) in [4.78, 5) is 2.10. The van der Waals surface area contributed by atoms with E-state index in [1.54, 1.807) is 12.1 Å². The van der Waals surface area contributed by atoms with Crippen LogP contribution in [0.3, 0.4) is 0 Å². The molecular formula is C15H19BrF3N. The van der Waals surface area contributed by atoms with Crippen LogP contribution in [0.2, 0.25) is 0 Å². The predicted molar refractivity (Wildman–Crippen MR) is 79.3 cm³/mol. The van der Waals surface area contributed by atoms with Crippen LogP contribution in [0.1, 0.15) is 37.8 Å². The van der Waals surface area contributed by atoms with Gasteiger partial charge in [-0.05, 0) is 43.4 Å². The zero-order valence-electron chi connectivity index (χ0n) is 11.7. The molecule has 0 bridgehead atoms. The van der Waals surface area contributed by atoms with Gasteiger partial charge in [-0.15, -0.1) is 0 Å². The molecular weight excluding hydrogens is 331 g/mol. The van der Waals surface area contributed by atoms with Crippen molar-refractivity contribution in [1.29, 1.82) is 0 Å². The van der Waals surface area contributed by atoms with Gasteiger partial charge in [-0.1, -0.05) is 28.9 Å². The molecule has 1 nitrogen and oxygen atoms in total. The second-order valence-corrected chi connectivity index (χ2v) is 6.22. The fourth-order valence-electron chi connectivity index (χ4n) is 2.77. The van der Waals surface area contributed by atoms with Gasteiger partial charge in [0.2, 0.25) is 0 Å². The quantitative estimate of drug-likeness (QED) is 0.661. The van der Waals surface area contributed by atoms with E-state index in [4.69, 9.17) is 0 Å². The van der Waals surface area contributed by atoms with E-state index in [0.29, 0.717) is 23.2 Å². The third-order valence-electron chi connectivity index (χ3n) is 3.99. The number of benzene rings is 1. The maximum Gasteiger partial charge on any atom is 0.416 e. The zero-order chi connectivity index (χ0) is 14.9. The van der Waals surface area contributed by atoms with Crippen LogP contribution < -0.4 is 4.90 Å². The molecule has 1 heterocycles. The molecule has 0 spiro atoms. The Morgan fingerprint density at radius 3 is 2.55 bits per heavy atom. The smallest absolute Gasteiger partial charge is 0.369 e.